The maximum absolute atomic E-state index is 14.7. The van der Waals surface area contributed by atoms with Crippen LogP contribution in [0.2, 0.25) is 0 Å². The normalized spacial score (nSPS) is 11.7. The van der Waals surface area contributed by atoms with Crippen molar-refractivity contribution < 1.29 is 4.79 Å². The average molecular weight is 648 g/mol. The molecule has 6 aromatic carbocycles. The molecule has 0 N–H and O–H groups in total. The van der Waals surface area contributed by atoms with E-state index in [0.717, 1.165) is 16.8 Å². The first-order valence-corrected chi connectivity index (χ1v) is 18.7. The Morgan fingerprint density at radius 2 is 0.851 bits per heavy atom. The molecular formula is C43H39NOP2. The lowest BCUT2D eigenvalue weighted by atomic mass is 10.1. The van der Waals surface area contributed by atoms with Gasteiger partial charge in [-0.1, -0.05) is 175 Å². The Hall–Kier alpha value is -4.61. The molecule has 0 saturated heterocycles. The summed E-state index contributed by atoms with van der Waals surface area (Å²) in [5, 5.41) is 7.34. The van der Waals surface area contributed by atoms with Crippen LogP contribution >= 0.6 is 15.8 Å². The van der Waals surface area contributed by atoms with Crippen LogP contribution in [0.25, 0.3) is 0 Å². The van der Waals surface area contributed by atoms with E-state index in [9.17, 15) is 4.79 Å². The van der Waals surface area contributed by atoms with Crippen molar-refractivity contribution in [1.82, 2.24) is 0 Å². The highest BCUT2D eigenvalue weighted by atomic mass is 31.1. The Balaban J connectivity index is 1.73. The van der Waals surface area contributed by atoms with Gasteiger partial charge >= 0.3 is 0 Å². The number of carbonyl (C=O) groups is 1. The van der Waals surface area contributed by atoms with E-state index in [2.05, 4.69) is 176 Å². The van der Waals surface area contributed by atoms with Crippen molar-refractivity contribution in [2.45, 2.75) is 26.8 Å². The predicted molar refractivity (Wildman–Crippen MR) is 206 cm³/mol. The summed E-state index contributed by atoms with van der Waals surface area (Å²) < 4.78 is 0. The van der Waals surface area contributed by atoms with Gasteiger partial charge < -0.3 is 4.90 Å². The number of allylic oxidation sites excluding steroid dienone is 1. The number of amides is 1. The number of hydrogen-bond donors (Lipinski definition) is 0. The fraction of sp³-hybridized carbons (Fsp3) is 0.0930. The first-order chi connectivity index (χ1) is 23.0. The Morgan fingerprint density at radius 1 is 0.511 bits per heavy atom. The van der Waals surface area contributed by atoms with Gasteiger partial charge in [-0.25, -0.2) is 0 Å². The molecule has 0 aliphatic rings. The van der Waals surface area contributed by atoms with Gasteiger partial charge in [-0.15, -0.1) is 0 Å². The smallest absolute Gasteiger partial charge is 0.251 e. The molecule has 0 aromatic heterocycles. The van der Waals surface area contributed by atoms with Gasteiger partial charge in [0.2, 0.25) is 0 Å². The van der Waals surface area contributed by atoms with E-state index in [4.69, 9.17) is 0 Å². The molecule has 6 rings (SSSR count). The molecule has 0 saturated carbocycles. The number of nitrogens with zero attached hydrogens (tertiary/aromatic N) is 1. The van der Waals surface area contributed by atoms with E-state index in [1.54, 1.807) is 6.08 Å². The Morgan fingerprint density at radius 3 is 1.19 bits per heavy atom. The van der Waals surface area contributed by atoms with Crippen molar-refractivity contribution in [3.8, 4) is 0 Å². The molecule has 6 aromatic rings. The largest absolute Gasteiger partial charge is 0.300 e. The minimum Gasteiger partial charge on any atom is -0.300 e. The summed E-state index contributed by atoms with van der Waals surface area (Å²) in [5.74, 6) is -0.0119. The molecule has 0 unspecified atom stereocenters. The molecule has 47 heavy (non-hydrogen) atoms. The van der Waals surface area contributed by atoms with Gasteiger partial charge in [-0.05, 0) is 63.4 Å². The topological polar surface area (TPSA) is 20.3 Å². The molecule has 0 spiro atoms. The number of para-hydroxylation sites is 1. The van der Waals surface area contributed by atoms with Crippen LogP contribution in [-0.4, -0.2) is 5.91 Å². The zero-order chi connectivity index (χ0) is 32.6. The highest BCUT2D eigenvalue weighted by Crippen LogP contribution is 2.43. The fourth-order valence-electron chi connectivity index (χ4n) is 5.98. The second kappa shape index (κ2) is 15.3. The van der Waals surface area contributed by atoms with Gasteiger partial charge in [0, 0.05) is 16.7 Å². The number of hydrogen-bond acceptors (Lipinski definition) is 1. The van der Waals surface area contributed by atoms with Crippen LogP contribution in [0, 0.1) is 0 Å². The lowest BCUT2D eigenvalue weighted by molar-refractivity contribution is -0.114. The summed E-state index contributed by atoms with van der Waals surface area (Å²) in [6.45, 7) is 6.16. The highest BCUT2D eigenvalue weighted by Gasteiger charge is 2.33. The summed E-state index contributed by atoms with van der Waals surface area (Å²) in [7, 11) is -2.04. The monoisotopic (exact) mass is 647 g/mol. The molecule has 0 heterocycles. The van der Waals surface area contributed by atoms with Crippen LogP contribution in [0.3, 0.4) is 0 Å². The average Bonchev–Trinajstić information content (AvgIpc) is 3.11. The Kier molecular flexibility index (Phi) is 10.5. The van der Waals surface area contributed by atoms with Crippen molar-refractivity contribution >= 4 is 59.3 Å². The van der Waals surface area contributed by atoms with Crippen molar-refractivity contribution in [3.63, 3.8) is 0 Å². The van der Waals surface area contributed by atoms with Crippen molar-refractivity contribution in [3.05, 3.63) is 187 Å². The van der Waals surface area contributed by atoms with E-state index >= 15 is 0 Å². The van der Waals surface area contributed by atoms with Crippen LogP contribution in [0.15, 0.2) is 182 Å². The quantitative estimate of drug-likeness (QED) is 0.108. The summed E-state index contributed by atoms with van der Waals surface area (Å²) in [6, 6.07) is 60.0. The predicted octanol–water partition coefficient (Wildman–Crippen LogP) is 8.26. The van der Waals surface area contributed by atoms with E-state index < -0.39 is 15.8 Å². The molecule has 4 heteroatoms. The van der Waals surface area contributed by atoms with Crippen molar-refractivity contribution in [2.24, 2.45) is 0 Å². The first-order valence-electron chi connectivity index (χ1n) is 16.0. The summed E-state index contributed by atoms with van der Waals surface area (Å²) in [4.78, 5) is 16.8. The Labute approximate surface area is 282 Å². The molecule has 0 radical (unpaired) electrons. The lowest BCUT2D eigenvalue weighted by Crippen LogP contribution is -2.41. The maximum Gasteiger partial charge on any atom is 0.251 e. The Bertz CT molecular complexity index is 1740. The number of rotatable bonds is 10. The third-order valence-corrected chi connectivity index (χ3v) is 13.0. The van der Waals surface area contributed by atoms with Crippen LogP contribution in [-0.2, 0) is 4.79 Å². The molecule has 0 fully saturated rings. The molecule has 2 nitrogen and oxygen atoms in total. The maximum atomic E-state index is 14.7. The van der Waals surface area contributed by atoms with Crippen LogP contribution in [0.4, 0.5) is 5.69 Å². The minimum absolute atomic E-state index is 0.0119. The standard InChI is InChI=1S/C43H39NOP2/c1-33(2)32-42(45)44(34(3)35-20-9-4-10-21-35)43-40(46(36-22-11-5-12-23-36)37-24-13-6-14-25-37)30-19-31-41(43)47(38-26-15-7-16-27-38)39-28-17-8-18-29-39/h4-32,34H,1-3H3/t34-/m0/s1. The van der Waals surface area contributed by atoms with Crippen LogP contribution in [0.1, 0.15) is 32.4 Å². The minimum atomic E-state index is -1.02. The summed E-state index contributed by atoms with van der Waals surface area (Å²) >= 11 is 0. The third kappa shape index (κ3) is 7.36. The lowest BCUT2D eigenvalue weighted by Gasteiger charge is -2.36. The van der Waals surface area contributed by atoms with Gasteiger partial charge in [0.25, 0.3) is 5.91 Å². The molecule has 1 amide bonds. The third-order valence-electron chi connectivity index (χ3n) is 8.09. The zero-order valence-corrected chi connectivity index (χ0v) is 28.9. The van der Waals surface area contributed by atoms with Gasteiger partial charge in [0.15, 0.2) is 0 Å². The van der Waals surface area contributed by atoms with Gasteiger partial charge in [0.1, 0.15) is 0 Å². The van der Waals surface area contributed by atoms with E-state index in [1.807, 2.05) is 19.9 Å². The first kappa shape index (κ1) is 32.3. The van der Waals surface area contributed by atoms with E-state index in [0.29, 0.717) is 0 Å². The summed E-state index contributed by atoms with van der Waals surface area (Å²) in [5.41, 5.74) is 3.07. The van der Waals surface area contributed by atoms with E-state index in [1.165, 1.54) is 31.8 Å². The van der Waals surface area contributed by atoms with Crippen molar-refractivity contribution in [2.75, 3.05) is 4.90 Å². The highest BCUT2D eigenvalue weighted by molar-refractivity contribution is 7.81. The second-order valence-corrected chi connectivity index (χ2v) is 16.0. The number of benzene rings is 6. The van der Waals surface area contributed by atoms with Gasteiger partial charge in [0.05, 0.1) is 11.7 Å². The number of anilines is 1. The summed E-state index contributed by atoms with van der Waals surface area (Å²) in [6.07, 6.45) is 1.79. The molecule has 0 aliphatic carbocycles. The van der Waals surface area contributed by atoms with Crippen LogP contribution < -0.4 is 36.7 Å². The van der Waals surface area contributed by atoms with Crippen LogP contribution in [0.5, 0.6) is 0 Å². The van der Waals surface area contributed by atoms with Gasteiger partial charge in [-0.3, -0.25) is 4.79 Å². The zero-order valence-electron chi connectivity index (χ0n) is 27.1. The molecule has 0 aliphatic heterocycles. The van der Waals surface area contributed by atoms with E-state index in [-0.39, 0.29) is 11.9 Å². The SMILES string of the molecule is CC(C)=CC(=O)N(c1c(P(c2ccccc2)c2ccccc2)cccc1P(c1ccccc1)c1ccccc1)[C@@H](C)c1ccccc1. The number of carbonyl (C=O) groups excluding carboxylic acids is 1. The van der Waals surface area contributed by atoms with Gasteiger partial charge in [-0.2, -0.15) is 0 Å². The molecular weight excluding hydrogens is 608 g/mol. The fourth-order valence-corrected chi connectivity index (χ4v) is 11.0. The molecule has 1 atom stereocenters. The molecule has 232 valence electrons. The second-order valence-electron chi connectivity index (χ2n) is 11.7. The molecule has 0 bridgehead atoms. The van der Waals surface area contributed by atoms with Crippen molar-refractivity contribution in [1.29, 1.82) is 0 Å².